The molecule has 1 unspecified atom stereocenters. The molecule has 0 aromatic rings. The minimum absolute atomic E-state index is 0.507. The molecule has 0 aromatic carbocycles. The predicted octanol–water partition coefficient (Wildman–Crippen LogP) is 3.35. The van der Waals surface area contributed by atoms with Gasteiger partial charge >= 0.3 is 0 Å². The van der Waals surface area contributed by atoms with E-state index in [1.165, 1.54) is 44.9 Å². The maximum absolute atomic E-state index is 6.00. The van der Waals surface area contributed by atoms with Gasteiger partial charge in [-0.15, -0.1) is 11.6 Å². The molecule has 1 aliphatic carbocycles. The molecule has 0 N–H and O–H groups in total. The predicted molar refractivity (Wildman–Crippen MR) is 55.2 cm³/mol. The average Bonchev–Trinajstić information content (AvgIpc) is 2.56. The highest BCUT2D eigenvalue weighted by molar-refractivity contribution is 6.18. The molecule has 2 heteroatoms. The Kier molecular flexibility index (Phi) is 3.15. The zero-order valence-electron chi connectivity index (χ0n) is 8.23. The quantitative estimate of drug-likeness (QED) is 0.636. The van der Waals surface area contributed by atoms with Gasteiger partial charge in [0, 0.05) is 12.5 Å². The number of halogens is 1. The Morgan fingerprint density at radius 3 is 2.62 bits per heavy atom. The summed E-state index contributed by atoms with van der Waals surface area (Å²) in [5, 5.41) is 0. The largest absolute Gasteiger partial charge is 0.378 e. The van der Waals surface area contributed by atoms with Crippen molar-refractivity contribution in [2.75, 3.05) is 12.5 Å². The van der Waals surface area contributed by atoms with E-state index in [9.17, 15) is 0 Å². The number of rotatable bonds is 4. The summed E-state index contributed by atoms with van der Waals surface area (Å²) in [6, 6.07) is 0. The summed E-state index contributed by atoms with van der Waals surface area (Å²) in [5.41, 5.74) is 0.507. The Hall–Kier alpha value is 0.250. The van der Waals surface area contributed by atoms with Crippen molar-refractivity contribution >= 4 is 11.6 Å². The van der Waals surface area contributed by atoms with Crippen molar-refractivity contribution in [1.29, 1.82) is 0 Å². The van der Waals surface area contributed by atoms with Crippen LogP contribution in [0.4, 0.5) is 0 Å². The van der Waals surface area contributed by atoms with Gasteiger partial charge in [0.25, 0.3) is 0 Å². The van der Waals surface area contributed by atoms with E-state index < -0.39 is 0 Å². The highest BCUT2D eigenvalue weighted by Crippen LogP contribution is 2.46. The van der Waals surface area contributed by atoms with Gasteiger partial charge in [-0.2, -0.15) is 0 Å². The molecule has 1 aliphatic heterocycles. The standard InChI is InChI=1S/C11H19ClO/c12-9-11(5-2-6-11)7-4-10-3-1-8-13-10/h10H,1-9H2. The van der Waals surface area contributed by atoms with Crippen LogP contribution in [0.15, 0.2) is 0 Å². The fourth-order valence-corrected chi connectivity index (χ4v) is 2.87. The molecule has 0 radical (unpaired) electrons. The maximum Gasteiger partial charge on any atom is 0.0576 e. The Morgan fingerprint density at radius 2 is 2.15 bits per heavy atom. The zero-order chi connectivity index (χ0) is 9.15. The molecule has 2 rings (SSSR count). The number of ether oxygens (including phenoxy) is 1. The fourth-order valence-electron chi connectivity index (χ4n) is 2.47. The minimum Gasteiger partial charge on any atom is -0.378 e. The van der Waals surface area contributed by atoms with E-state index in [1.54, 1.807) is 0 Å². The van der Waals surface area contributed by atoms with Gasteiger partial charge < -0.3 is 4.74 Å². The van der Waals surface area contributed by atoms with Crippen LogP contribution in [-0.4, -0.2) is 18.6 Å². The molecule has 1 heterocycles. The topological polar surface area (TPSA) is 9.23 Å². The van der Waals surface area contributed by atoms with Crippen molar-refractivity contribution in [2.24, 2.45) is 5.41 Å². The maximum atomic E-state index is 6.00. The van der Waals surface area contributed by atoms with Crippen molar-refractivity contribution in [2.45, 2.75) is 51.0 Å². The normalized spacial score (nSPS) is 31.6. The van der Waals surface area contributed by atoms with Gasteiger partial charge in [-0.3, -0.25) is 0 Å². The summed E-state index contributed by atoms with van der Waals surface area (Å²) in [5.74, 6) is 0.861. The van der Waals surface area contributed by atoms with Crippen LogP contribution in [-0.2, 0) is 4.74 Å². The minimum atomic E-state index is 0.507. The summed E-state index contributed by atoms with van der Waals surface area (Å²) >= 11 is 6.00. The second kappa shape index (κ2) is 4.18. The van der Waals surface area contributed by atoms with Gasteiger partial charge in [-0.1, -0.05) is 6.42 Å². The summed E-state index contributed by atoms with van der Waals surface area (Å²) in [4.78, 5) is 0. The van der Waals surface area contributed by atoms with Crippen LogP contribution in [0.5, 0.6) is 0 Å². The van der Waals surface area contributed by atoms with Gasteiger partial charge in [-0.25, -0.2) is 0 Å². The van der Waals surface area contributed by atoms with E-state index in [1.807, 2.05) is 0 Å². The van der Waals surface area contributed by atoms with Crippen molar-refractivity contribution in [3.8, 4) is 0 Å². The molecule has 0 aromatic heterocycles. The molecule has 2 fully saturated rings. The third kappa shape index (κ3) is 2.19. The molecule has 1 nitrogen and oxygen atoms in total. The van der Waals surface area contributed by atoms with Crippen LogP contribution in [0.3, 0.4) is 0 Å². The molecular formula is C11H19ClO. The molecule has 1 saturated carbocycles. The van der Waals surface area contributed by atoms with Crippen molar-refractivity contribution < 1.29 is 4.74 Å². The van der Waals surface area contributed by atoms with E-state index in [0.717, 1.165) is 12.5 Å². The molecule has 13 heavy (non-hydrogen) atoms. The van der Waals surface area contributed by atoms with Gasteiger partial charge in [0.2, 0.25) is 0 Å². The SMILES string of the molecule is ClCC1(CCC2CCCO2)CCC1. The monoisotopic (exact) mass is 202 g/mol. The molecule has 0 spiro atoms. The lowest BCUT2D eigenvalue weighted by atomic mass is 9.67. The van der Waals surface area contributed by atoms with Crippen LogP contribution >= 0.6 is 11.6 Å². The summed E-state index contributed by atoms with van der Waals surface area (Å²) in [6.45, 7) is 0.985. The lowest BCUT2D eigenvalue weighted by Crippen LogP contribution is -2.32. The van der Waals surface area contributed by atoms with E-state index >= 15 is 0 Å². The molecule has 1 saturated heterocycles. The molecule has 2 aliphatic rings. The second-order valence-corrected chi connectivity index (χ2v) is 4.93. The number of alkyl halides is 1. The average molecular weight is 203 g/mol. The highest BCUT2D eigenvalue weighted by atomic mass is 35.5. The Labute approximate surface area is 85.8 Å². The number of hydrogen-bond acceptors (Lipinski definition) is 1. The zero-order valence-corrected chi connectivity index (χ0v) is 8.98. The van der Waals surface area contributed by atoms with Crippen molar-refractivity contribution in [3.05, 3.63) is 0 Å². The first-order valence-corrected chi connectivity index (χ1v) is 6.06. The Morgan fingerprint density at radius 1 is 1.31 bits per heavy atom. The van der Waals surface area contributed by atoms with E-state index in [0.29, 0.717) is 11.5 Å². The van der Waals surface area contributed by atoms with Crippen LogP contribution in [0.25, 0.3) is 0 Å². The van der Waals surface area contributed by atoms with Crippen molar-refractivity contribution in [1.82, 2.24) is 0 Å². The molecule has 76 valence electrons. The summed E-state index contributed by atoms with van der Waals surface area (Å²) in [6.07, 6.45) is 9.72. The van der Waals surface area contributed by atoms with E-state index in [4.69, 9.17) is 16.3 Å². The second-order valence-electron chi connectivity index (χ2n) is 4.66. The lowest BCUT2D eigenvalue weighted by Gasteiger charge is -2.41. The third-order valence-corrected chi connectivity index (χ3v) is 4.29. The van der Waals surface area contributed by atoms with Crippen LogP contribution in [0.2, 0.25) is 0 Å². The summed E-state index contributed by atoms with van der Waals surface area (Å²) < 4.78 is 5.62. The molecule has 1 atom stereocenters. The smallest absolute Gasteiger partial charge is 0.0576 e. The van der Waals surface area contributed by atoms with Crippen molar-refractivity contribution in [3.63, 3.8) is 0 Å². The third-order valence-electron chi connectivity index (χ3n) is 3.72. The first-order valence-electron chi connectivity index (χ1n) is 5.52. The summed E-state index contributed by atoms with van der Waals surface area (Å²) in [7, 11) is 0. The lowest BCUT2D eigenvalue weighted by molar-refractivity contribution is 0.0706. The Balaban J connectivity index is 1.71. The molecule has 0 amide bonds. The number of hydrogen-bond donors (Lipinski definition) is 0. The van der Waals surface area contributed by atoms with Crippen LogP contribution < -0.4 is 0 Å². The van der Waals surface area contributed by atoms with Gasteiger partial charge in [0.1, 0.15) is 0 Å². The van der Waals surface area contributed by atoms with Gasteiger partial charge in [0.05, 0.1) is 6.10 Å². The Bertz CT molecular complexity index is 154. The van der Waals surface area contributed by atoms with Gasteiger partial charge in [0.15, 0.2) is 0 Å². The fraction of sp³-hybridized carbons (Fsp3) is 1.00. The van der Waals surface area contributed by atoms with Crippen LogP contribution in [0, 0.1) is 5.41 Å². The first-order chi connectivity index (χ1) is 6.35. The van der Waals surface area contributed by atoms with Gasteiger partial charge in [-0.05, 0) is 43.9 Å². The molecule has 0 bridgehead atoms. The molecular weight excluding hydrogens is 184 g/mol. The van der Waals surface area contributed by atoms with Crippen LogP contribution in [0.1, 0.15) is 44.9 Å². The van der Waals surface area contributed by atoms with E-state index in [-0.39, 0.29) is 0 Å². The highest BCUT2D eigenvalue weighted by Gasteiger charge is 2.36. The van der Waals surface area contributed by atoms with E-state index in [2.05, 4.69) is 0 Å². The first kappa shape index (κ1) is 9.79.